The maximum atomic E-state index is 8.63. The third-order valence-corrected chi connectivity index (χ3v) is 2.27. The van der Waals surface area contributed by atoms with Crippen LogP contribution in [0.15, 0.2) is 91.0 Å². The quantitative estimate of drug-likeness (QED) is 0.544. The molecule has 0 heterocycles. The van der Waals surface area contributed by atoms with Crippen LogP contribution in [0.25, 0.3) is 0 Å². The van der Waals surface area contributed by atoms with E-state index in [1.54, 1.807) is 72.8 Å². The van der Waals surface area contributed by atoms with Gasteiger partial charge in [-0.05, 0) is 36.4 Å². The Balaban J connectivity index is 0.000000294. The molecule has 0 bridgehead atoms. The second-order valence-corrected chi connectivity index (χ2v) is 4.01. The Kier molecular flexibility index (Phi) is 10.9. The van der Waals surface area contributed by atoms with Crippen LogP contribution >= 0.6 is 9.90 Å². The number of para-hydroxylation sites is 3. The van der Waals surface area contributed by atoms with E-state index >= 15 is 0 Å². The lowest BCUT2D eigenvalue weighted by molar-refractivity contribution is 0.475. The molecular formula is C18H21O3P. The molecule has 0 saturated heterocycles. The van der Waals surface area contributed by atoms with Crippen molar-refractivity contribution in [3.63, 3.8) is 0 Å². The van der Waals surface area contributed by atoms with E-state index in [4.69, 9.17) is 15.3 Å². The van der Waals surface area contributed by atoms with Gasteiger partial charge in [0.2, 0.25) is 0 Å². The maximum Gasteiger partial charge on any atom is 0.115 e. The highest BCUT2D eigenvalue weighted by atomic mass is 31.0. The average Bonchev–Trinajstić information content (AvgIpc) is 2.51. The Hall–Kier alpha value is -2.51. The van der Waals surface area contributed by atoms with Gasteiger partial charge in [0.05, 0.1) is 0 Å². The Bertz CT molecular complexity index is 497. The summed E-state index contributed by atoms with van der Waals surface area (Å²) in [7, 11) is 0. The first-order valence-electron chi connectivity index (χ1n) is 6.40. The van der Waals surface area contributed by atoms with Gasteiger partial charge in [0.25, 0.3) is 0 Å². The van der Waals surface area contributed by atoms with Crippen molar-refractivity contribution in [3.05, 3.63) is 91.0 Å². The van der Waals surface area contributed by atoms with Crippen LogP contribution in [-0.2, 0) is 0 Å². The molecule has 0 saturated carbocycles. The molecule has 0 aromatic heterocycles. The van der Waals surface area contributed by atoms with Gasteiger partial charge in [-0.3, -0.25) is 0 Å². The topological polar surface area (TPSA) is 60.7 Å². The van der Waals surface area contributed by atoms with Crippen LogP contribution in [0.1, 0.15) is 0 Å². The second kappa shape index (κ2) is 12.2. The lowest BCUT2D eigenvalue weighted by Crippen LogP contribution is -1.56. The van der Waals surface area contributed by atoms with Gasteiger partial charge in [-0.2, -0.15) is 9.90 Å². The Morgan fingerprint density at radius 3 is 0.636 bits per heavy atom. The Morgan fingerprint density at radius 1 is 0.364 bits per heavy atom. The van der Waals surface area contributed by atoms with E-state index in [0.29, 0.717) is 17.2 Å². The molecule has 1 unspecified atom stereocenters. The van der Waals surface area contributed by atoms with Gasteiger partial charge in [0.15, 0.2) is 0 Å². The maximum absolute atomic E-state index is 8.63. The summed E-state index contributed by atoms with van der Waals surface area (Å²) in [5, 5.41) is 25.9. The zero-order chi connectivity index (χ0) is 15.3. The molecule has 3 rings (SSSR count). The van der Waals surface area contributed by atoms with E-state index in [-0.39, 0.29) is 9.90 Å². The van der Waals surface area contributed by atoms with Crippen molar-refractivity contribution in [2.75, 3.05) is 0 Å². The van der Waals surface area contributed by atoms with Gasteiger partial charge >= 0.3 is 0 Å². The summed E-state index contributed by atoms with van der Waals surface area (Å²) in [5.41, 5.74) is 0. The van der Waals surface area contributed by atoms with Gasteiger partial charge in [0, 0.05) is 0 Å². The minimum Gasteiger partial charge on any atom is -0.508 e. The minimum atomic E-state index is 0. The summed E-state index contributed by atoms with van der Waals surface area (Å²) in [6.45, 7) is 0. The van der Waals surface area contributed by atoms with E-state index < -0.39 is 0 Å². The van der Waals surface area contributed by atoms with Crippen molar-refractivity contribution in [3.8, 4) is 17.2 Å². The van der Waals surface area contributed by atoms with Gasteiger partial charge in [0.1, 0.15) is 17.2 Å². The van der Waals surface area contributed by atoms with Crippen molar-refractivity contribution in [2.45, 2.75) is 0 Å². The van der Waals surface area contributed by atoms with Crippen LogP contribution in [0.4, 0.5) is 0 Å². The van der Waals surface area contributed by atoms with Gasteiger partial charge < -0.3 is 15.3 Å². The van der Waals surface area contributed by atoms with E-state index in [1.807, 2.05) is 18.2 Å². The number of hydrogen-bond donors (Lipinski definition) is 3. The average molecular weight is 316 g/mol. The highest BCUT2D eigenvalue weighted by Crippen LogP contribution is 2.04. The van der Waals surface area contributed by atoms with E-state index in [0.717, 1.165) is 0 Å². The molecule has 4 heteroatoms. The summed E-state index contributed by atoms with van der Waals surface area (Å²) in [6, 6.07) is 26.1. The number of benzene rings is 3. The molecule has 0 aliphatic carbocycles. The monoisotopic (exact) mass is 316 g/mol. The number of hydrogen-bond acceptors (Lipinski definition) is 3. The lowest BCUT2D eigenvalue weighted by atomic mass is 10.3. The fourth-order valence-electron chi connectivity index (χ4n) is 1.28. The van der Waals surface area contributed by atoms with Crippen molar-refractivity contribution >= 4 is 9.90 Å². The zero-order valence-corrected chi connectivity index (χ0v) is 13.6. The van der Waals surface area contributed by atoms with Crippen LogP contribution in [0.5, 0.6) is 17.2 Å². The highest BCUT2D eigenvalue weighted by molar-refractivity contribution is 6.92. The molecule has 0 aliphatic rings. The predicted octanol–water partition coefficient (Wildman–Crippen LogP) is 4.23. The van der Waals surface area contributed by atoms with Crippen LogP contribution in [0, 0.1) is 0 Å². The van der Waals surface area contributed by atoms with Gasteiger partial charge in [-0.1, -0.05) is 54.6 Å². The summed E-state index contributed by atoms with van der Waals surface area (Å²) < 4.78 is 0. The smallest absolute Gasteiger partial charge is 0.115 e. The predicted molar refractivity (Wildman–Crippen MR) is 95.4 cm³/mol. The van der Waals surface area contributed by atoms with Gasteiger partial charge in [-0.25, -0.2) is 0 Å². The van der Waals surface area contributed by atoms with Crippen molar-refractivity contribution in [1.82, 2.24) is 0 Å². The largest absolute Gasteiger partial charge is 0.508 e. The summed E-state index contributed by atoms with van der Waals surface area (Å²) in [4.78, 5) is 0. The number of phenols is 3. The molecule has 0 spiro atoms. The summed E-state index contributed by atoms with van der Waals surface area (Å²) in [6.07, 6.45) is 0. The molecule has 3 N–H and O–H groups in total. The fraction of sp³-hybridized carbons (Fsp3) is 0. The first kappa shape index (κ1) is 19.5. The zero-order valence-electron chi connectivity index (χ0n) is 12.2. The van der Waals surface area contributed by atoms with Crippen molar-refractivity contribution in [2.24, 2.45) is 0 Å². The van der Waals surface area contributed by atoms with Crippen LogP contribution in [0.3, 0.4) is 0 Å². The molecule has 0 amide bonds. The molecule has 22 heavy (non-hydrogen) atoms. The molecule has 1 atom stereocenters. The Labute approximate surface area is 134 Å². The third-order valence-electron chi connectivity index (χ3n) is 2.27. The first-order chi connectivity index (χ1) is 10.2. The standard InChI is InChI=1S/3C6H6O.H3P/c3*7-6-4-2-1-3-5-6;/h3*1-5,7H;1H3. The van der Waals surface area contributed by atoms with E-state index in [1.165, 1.54) is 0 Å². The van der Waals surface area contributed by atoms with Crippen LogP contribution < -0.4 is 0 Å². The SMILES string of the molecule is Oc1ccccc1.Oc1ccccc1.Oc1ccccc1.P. The first-order valence-corrected chi connectivity index (χ1v) is 6.40. The lowest BCUT2D eigenvalue weighted by Gasteiger charge is -1.82. The fourth-order valence-corrected chi connectivity index (χ4v) is 1.28. The molecule has 3 aromatic rings. The van der Waals surface area contributed by atoms with Crippen molar-refractivity contribution in [1.29, 1.82) is 0 Å². The number of phenolic OH excluding ortho intramolecular Hbond substituents is 3. The number of rotatable bonds is 0. The summed E-state index contributed by atoms with van der Waals surface area (Å²) in [5.74, 6) is 0.965. The molecule has 0 radical (unpaired) electrons. The minimum absolute atomic E-state index is 0. The number of aromatic hydroxyl groups is 3. The Morgan fingerprint density at radius 2 is 0.545 bits per heavy atom. The van der Waals surface area contributed by atoms with Gasteiger partial charge in [-0.15, -0.1) is 0 Å². The molecule has 0 aliphatic heterocycles. The second-order valence-electron chi connectivity index (χ2n) is 4.01. The normalized spacial score (nSPS) is 8.18. The van der Waals surface area contributed by atoms with Crippen LogP contribution in [-0.4, -0.2) is 15.3 Å². The van der Waals surface area contributed by atoms with E-state index in [9.17, 15) is 0 Å². The molecule has 0 fully saturated rings. The van der Waals surface area contributed by atoms with Crippen LogP contribution in [0.2, 0.25) is 0 Å². The molecular weight excluding hydrogens is 295 g/mol. The summed E-state index contributed by atoms with van der Waals surface area (Å²) >= 11 is 0. The molecule has 3 aromatic carbocycles. The molecule has 3 nitrogen and oxygen atoms in total. The molecule has 116 valence electrons. The highest BCUT2D eigenvalue weighted by Gasteiger charge is 1.76. The van der Waals surface area contributed by atoms with Crippen molar-refractivity contribution < 1.29 is 15.3 Å². The van der Waals surface area contributed by atoms with E-state index in [2.05, 4.69) is 0 Å². The third kappa shape index (κ3) is 10.3.